The van der Waals surface area contributed by atoms with Crippen LogP contribution in [-0.2, 0) is 0 Å². The summed E-state index contributed by atoms with van der Waals surface area (Å²) in [5.41, 5.74) is 2.40. The van der Waals surface area contributed by atoms with Crippen molar-refractivity contribution < 1.29 is 0 Å². The quantitative estimate of drug-likeness (QED) is 0.422. The van der Waals surface area contributed by atoms with Gasteiger partial charge in [0.15, 0.2) is 0 Å². The van der Waals surface area contributed by atoms with Crippen molar-refractivity contribution in [2.45, 2.75) is 37.0 Å². The third kappa shape index (κ3) is 0.606. The summed E-state index contributed by atoms with van der Waals surface area (Å²) in [6, 6.07) is 0. The first-order valence-corrected chi connectivity index (χ1v) is 4.37. The normalized spacial score (nSPS) is 51.4. The molecule has 2 heterocycles. The molecule has 0 radical (unpaired) electrons. The van der Waals surface area contributed by atoms with Gasteiger partial charge in [-0.3, -0.25) is 0 Å². The maximum Gasteiger partial charge on any atom is -0.0234 e. The van der Waals surface area contributed by atoms with Gasteiger partial charge in [-0.1, -0.05) is 0 Å². The maximum atomic E-state index is 1.57. The van der Waals surface area contributed by atoms with Crippen LogP contribution >= 0.6 is 8.58 Å². The van der Waals surface area contributed by atoms with Gasteiger partial charge in [-0.2, -0.15) is 0 Å². The average Bonchev–Trinajstić information content (AvgIpc) is 2.22. The second-order valence-electron chi connectivity index (χ2n) is 2.72. The smallest absolute Gasteiger partial charge is 0.0234 e. The van der Waals surface area contributed by atoms with E-state index in [2.05, 4.69) is 0 Å². The minimum absolute atomic E-state index is 1.20. The van der Waals surface area contributed by atoms with Gasteiger partial charge in [0.1, 0.15) is 0 Å². The first-order valence-electron chi connectivity index (χ1n) is 3.21. The summed E-state index contributed by atoms with van der Waals surface area (Å²) in [5, 5.41) is 0. The molecule has 2 rings (SSSR count). The van der Waals surface area contributed by atoms with E-state index in [-0.39, 0.29) is 0 Å². The van der Waals surface area contributed by atoms with Crippen LogP contribution in [0.1, 0.15) is 25.7 Å². The lowest BCUT2D eigenvalue weighted by atomic mass is 10.0. The lowest BCUT2D eigenvalue weighted by Gasteiger charge is -2.04. The summed E-state index contributed by atoms with van der Waals surface area (Å²) >= 11 is 0. The van der Waals surface area contributed by atoms with Crippen molar-refractivity contribution in [2.24, 2.45) is 0 Å². The molecule has 0 aliphatic carbocycles. The van der Waals surface area contributed by atoms with E-state index in [4.69, 9.17) is 0 Å². The van der Waals surface area contributed by atoms with Crippen LogP contribution in [0.4, 0.5) is 0 Å². The van der Waals surface area contributed by atoms with Gasteiger partial charge in [-0.25, -0.2) is 0 Å². The zero-order valence-electron chi connectivity index (χ0n) is 4.48. The molecule has 2 fully saturated rings. The van der Waals surface area contributed by atoms with Crippen molar-refractivity contribution in [3.05, 3.63) is 0 Å². The Morgan fingerprint density at radius 2 is 1.29 bits per heavy atom. The summed E-state index contributed by atoms with van der Waals surface area (Å²) in [7, 11) is 1.37. The molecular weight excluding hydrogens is 103 g/mol. The summed E-state index contributed by atoms with van der Waals surface area (Å²) in [6.45, 7) is 0. The van der Waals surface area contributed by atoms with Crippen molar-refractivity contribution in [1.82, 2.24) is 0 Å². The minimum Gasteiger partial charge on any atom is -0.116 e. The summed E-state index contributed by atoms with van der Waals surface area (Å²) in [5.74, 6) is 0. The fourth-order valence-electron chi connectivity index (χ4n) is 1.76. The highest BCUT2D eigenvalue weighted by atomic mass is 31.1. The van der Waals surface area contributed by atoms with Crippen molar-refractivity contribution in [3.63, 3.8) is 0 Å². The van der Waals surface area contributed by atoms with Gasteiger partial charge < -0.3 is 0 Å². The van der Waals surface area contributed by atoms with Crippen LogP contribution in [0.2, 0.25) is 0 Å². The van der Waals surface area contributed by atoms with Crippen LogP contribution in [0.15, 0.2) is 0 Å². The molecular formula is C6H11P. The number of rotatable bonds is 0. The minimum atomic E-state index is 1.20. The van der Waals surface area contributed by atoms with Crippen molar-refractivity contribution in [3.8, 4) is 0 Å². The second kappa shape index (κ2) is 1.45. The first-order chi connectivity index (χ1) is 3.45. The highest BCUT2D eigenvalue weighted by molar-refractivity contribution is 7.40. The van der Waals surface area contributed by atoms with Gasteiger partial charge in [0, 0.05) is 0 Å². The van der Waals surface area contributed by atoms with Crippen LogP contribution in [0.3, 0.4) is 0 Å². The zero-order valence-corrected chi connectivity index (χ0v) is 5.48. The maximum absolute atomic E-state index is 1.57. The van der Waals surface area contributed by atoms with Gasteiger partial charge in [-0.15, -0.1) is 8.58 Å². The van der Waals surface area contributed by atoms with Gasteiger partial charge in [-0.05, 0) is 37.0 Å². The average molecular weight is 114 g/mol. The Labute approximate surface area is 46.5 Å². The fourth-order valence-corrected chi connectivity index (χ4v) is 3.76. The van der Waals surface area contributed by atoms with E-state index in [0.717, 1.165) is 0 Å². The summed E-state index contributed by atoms with van der Waals surface area (Å²) < 4.78 is 0. The Morgan fingerprint density at radius 3 is 1.43 bits per heavy atom. The molecule has 1 heteroatoms. The third-order valence-electron chi connectivity index (χ3n) is 2.20. The molecule has 0 amide bonds. The first kappa shape index (κ1) is 4.32. The molecule has 2 bridgehead atoms. The van der Waals surface area contributed by atoms with Crippen LogP contribution < -0.4 is 0 Å². The molecule has 0 N–H and O–H groups in total. The second-order valence-corrected chi connectivity index (χ2v) is 4.68. The molecule has 40 valence electrons. The number of hydrogen-bond acceptors (Lipinski definition) is 0. The van der Waals surface area contributed by atoms with E-state index in [1.54, 1.807) is 25.7 Å². The lowest BCUT2D eigenvalue weighted by Crippen LogP contribution is -1.98. The van der Waals surface area contributed by atoms with Crippen LogP contribution in [0, 0.1) is 0 Å². The van der Waals surface area contributed by atoms with Crippen LogP contribution in [0.5, 0.6) is 0 Å². The highest BCUT2D eigenvalue weighted by Crippen LogP contribution is 2.50. The Balaban J connectivity index is 2.12. The van der Waals surface area contributed by atoms with Gasteiger partial charge in [0.05, 0.1) is 0 Å². The summed E-state index contributed by atoms with van der Waals surface area (Å²) in [6.07, 6.45) is 6.29. The molecule has 2 saturated heterocycles. The van der Waals surface area contributed by atoms with Crippen LogP contribution in [-0.4, -0.2) is 11.3 Å². The molecule has 0 aromatic rings. The molecule has 0 atom stereocenters. The fraction of sp³-hybridized carbons (Fsp3) is 1.00. The van der Waals surface area contributed by atoms with Crippen molar-refractivity contribution in [2.75, 3.05) is 0 Å². The van der Waals surface area contributed by atoms with Gasteiger partial charge in [0.25, 0.3) is 0 Å². The predicted octanol–water partition coefficient (Wildman–Crippen LogP) is 1.99. The highest BCUT2D eigenvalue weighted by Gasteiger charge is 2.30. The SMILES string of the molecule is C1CC2CCC1P2. The monoisotopic (exact) mass is 114 g/mol. The Kier molecular flexibility index (Phi) is 0.896. The largest absolute Gasteiger partial charge is 0.116 e. The van der Waals surface area contributed by atoms with E-state index < -0.39 is 0 Å². The molecule has 7 heavy (non-hydrogen) atoms. The van der Waals surface area contributed by atoms with E-state index >= 15 is 0 Å². The topological polar surface area (TPSA) is 0 Å². The van der Waals surface area contributed by atoms with Gasteiger partial charge in [0.2, 0.25) is 0 Å². The van der Waals surface area contributed by atoms with E-state index in [1.165, 1.54) is 19.9 Å². The van der Waals surface area contributed by atoms with Crippen molar-refractivity contribution >= 4 is 8.58 Å². The Hall–Kier alpha value is 0.430. The summed E-state index contributed by atoms with van der Waals surface area (Å²) in [4.78, 5) is 0. The molecule has 0 unspecified atom stereocenters. The molecule has 0 aromatic heterocycles. The van der Waals surface area contributed by atoms with Crippen molar-refractivity contribution in [1.29, 1.82) is 0 Å². The number of fused-ring (bicyclic) bond motifs is 2. The molecule has 2 aliphatic rings. The molecule has 0 aromatic carbocycles. The van der Waals surface area contributed by atoms with E-state index in [1.807, 2.05) is 0 Å². The molecule has 0 saturated carbocycles. The lowest BCUT2D eigenvalue weighted by molar-refractivity contribution is 0.576. The van der Waals surface area contributed by atoms with E-state index in [0.29, 0.717) is 0 Å². The van der Waals surface area contributed by atoms with E-state index in [9.17, 15) is 0 Å². The Morgan fingerprint density at radius 1 is 0.857 bits per heavy atom. The van der Waals surface area contributed by atoms with Gasteiger partial charge >= 0.3 is 0 Å². The predicted molar refractivity (Wildman–Crippen MR) is 34.4 cm³/mol. The Bertz CT molecular complexity index is 62.2. The standard InChI is InChI=1S/C6H11P/c1-2-6-4-3-5(1)7-6/h5-7H,1-4H2. The zero-order chi connectivity index (χ0) is 4.69. The third-order valence-corrected chi connectivity index (χ3v) is 4.30. The molecule has 2 aliphatic heterocycles. The van der Waals surface area contributed by atoms with Crippen LogP contribution in [0.25, 0.3) is 0 Å². The number of hydrogen-bond donors (Lipinski definition) is 0. The molecule has 0 nitrogen and oxygen atoms in total. The molecule has 0 spiro atoms.